The number of aryl methyl sites for hydroxylation is 1. The van der Waals surface area contributed by atoms with E-state index in [9.17, 15) is 22.8 Å². The second-order valence-electron chi connectivity index (χ2n) is 7.44. The lowest BCUT2D eigenvalue weighted by Crippen LogP contribution is -2.54. The summed E-state index contributed by atoms with van der Waals surface area (Å²) in [6.45, 7) is 5.16. The average molecular weight is 423 g/mol. The van der Waals surface area contributed by atoms with Crippen LogP contribution in [0.4, 0.5) is 18.0 Å². The number of rotatable bonds is 4. The van der Waals surface area contributed by atoms with Crippen molar-refractivity contribution in [1.29, 1.82) is 0 Å². The number of amides is 3. The number of hydrogen-bond acceptors (Lipinski definition) is 3. The van der Waals surface area contributed by atoms with Gasteiger partial charge in [0.2, 0.25) is 0 Å². The van der Waals surface area contributed by atoms with Gasteiger partial charge in [0.1, 0.15) is 5.76 Å². The van der Waals surface area contributed by atoms with Crippen LogP contribution in [-0.2, 0) is 12.6 Å². The second kappa shape index (κ2) is 8.81. The monoisotopic (exact) mass is 423 g/mol. The third-order valence-corrected chi connectivity index (χ3v) is 5.00. The topological polar surface area (TPSA) is 65.8 Å². The standard InChI is InChI=1S/C21H24F3N3O3/c1-14(13-16-4-6-17(7-5-16)21(22,23)24)25-20(29)27-11-9-26(10-12-27)19(28)18-8-3-15(2)30-18/h3-8,14H,9-13H2,1-2H3,(H,25,29). The normalized spacial score (nSPS) is 15.8. The lowest BCUT2D eigenvalue weighted by Gasteiger charge is -2.35. The van der Waals surface area contributed by atoms with Crippen LogP contribution in [0.2, 0.25) is 0 Å². The van der Waals surface area contributed by atoms with Gasteiger partial charge in [-0.2, -0.15) is 13.2 Å². The van der Waals surface area contributed by atoms with E-state index in [1.807, 2.05) is 0 Å². The Morgan fingerprint density at radius 3 is 2.17 bits per heavy atom. The largest absolute Gasteiger partial charge is 0.456 e. The lowest BCUT2D eigenvalue weighted by atomic mass is 10.1. The van der Waals surface area contributed by atoms with Crippen molar-refractivity contribution in [1.82, 2.24) is 15.1 Å². The first-order chi connectivity index (χ1) is 14.1. The first kappa shape index (κ1) is 21.7. The van der Waals surface area contributed by atoms with E-state index in [-0.39, 0.29) is 23.7 Å². The molecule has 0 bridgehead atoms. The highest BCUT2D eigenvalue weighted by molar-refractivity contribution is 5.91. The summed E-state index contributed by atoms with van der Waals surface area (Å²) >= 11 is 0. The van der Waals surface area contributed by atoms with Gasteiger partial charge in [-0.25, -0.2) is 4.79 Å². The number of piperazine rings is 1. The number of benzene rings is 1. The molecular formula is C21H24F3N3O3. The van der Waals surface area contributed by atoms with E-state index in [1.165, 1.54) is 12.1 Å². The number of carbonyl (C=O) groups is 2. The molecule has 0 spiro atoms. The van der Waals surface area contributed by atoms with Crippen molar-refractivity contribution < 1.29 is 27.2 Å². The quantitative estimate of drug-likeness (QED) is 0.816. The zero-order valence-electron chi connectivity index (χ0n) is 16.8. The molecule has 0 aliphatic carbocycles. The van der Waals surface area contributed by atoms with E-state index in [4.69, 9.17) is 4.42 Å². The van der Waals surface area contributed by atoms with Crippen LogP contribution < -0.4 is 5.32 Å². The molecule has 1 aromatic carbocycles. The Labute approximate surface area is 172 Å². The fourth-order valence-corrected chi connectivity index (χ4v) is 3.35. The maximum Gasteiger partial charge on any atom is 0.416 e. The Bertz CT molecular complexity index is 885. The Morgan fingerprint density at radius 2 is 1.63 bits per heavy atom. The molecule has 9 heteroatoms. The van der Waals surface area contributed by atoms with Gasteiger partial charge in [0.05, 0.1) is 5.56 Å². The van der Waals surface area contributed by atoms with Gasteiger partial charge in [0.15, 0.2) is 5.76 Å². The fourth-order valence-electron chi connectivity index (χ4n) is 3.35. The highest BCUT2D eigenvalue weighted by Crippen LogP contribution is 2.29. The van der Waals surface area contributed by atoms with Crippen LogP contribution in [0.5, 0.6) is 0 Å². The summed E-state index contributed by atoms with van der Waals surface area (Å²) in [7, 11) is 0. The lowest BCUT2D eigenvalue weighted by molar-refractivity contribution is -0.137. The molecule has 0 saturated carbocycles. The van der Waals surface area contributed by atoms with Gasteiger partial charge < -0.3 is 19.5 Å². The van der Waals surface area contributed by atoms with Crippen LogP contribution in [0, 0.1) is 6.92 Å². The fraction of sp³-hybridized carbons (Fsp3) is 0.429. The molecule has 2 heterocycles. The highest BCUT2D eigenvalue weighted by Gasteiger charge is 2.30. The molecule has 3 rings (SSSR count). The molecule has 1 aliphatic rings. The maximum atomic E-state index is 12.6. The van der Waals surface area contributed by atoms with E-state index in [1.54, 1.807) is 35.8 Å². The van der Waals surface area contributed by atoms with Crippen LogP contribution in [-0.4, -0.2) is 54.0 Å². The van der Waals surface area contributed by atoms with Gasteiger partial charge in [-0.05, 0) is 50.1 Å². The van der Waals surface area contributed by atoms with Crippen LogP contribution in [0.25, 0.3) is 0 Å². The molecule has 3 amide bonds. The Balaban J connectivity index is 1.46. The molecule has 1 aromatic heterocycles. The van der Waals surface area contributed by atoms with Gasteiger partial charge in [-0.1, -0.05) is 12.1 Å². The van der Waals surface area contributed by atoms with E-state index >= 15 is 0 Å². The molecule has 162 valence electrons. The van der Waals surface area contributed by atoms with Gasteiger partial charge in [0, 0.05) is 32.2 Å². The first-order valence-electron chi connectivity index (χ1n) is 9.71. The summed E-state index contributed by atoms with van der Waals surface area (Å²) in [6, 6.07) is 7.80. The van der Waals surface area contributed by atoms with E-state index in [0.29, 0.717) is 43.9 Å². The number of halogens is 3. The SMILES string of the molecule is Cc1ccc(C(=O)N2CCN(C(=O)NC(C)Cc3ccc(C(F)(F)F)cc3)CC2)o1. The molecular weight excluding hydrogens is 399 g/mol. The molecule has 1 saturated heterocycles. The number of alkyl halides is 3. The predicted octanol–water partition coefficient (Wildman–Crippen LogP) is 3.71. The van der Waals surface area contributed by atoms with Crippen LogP contribution >= 0.6 is 0 Å². The summed E-state index contributed by atoms with van der Waals surface area (Å²) in [5.74, 6) is 0.757. The van der Waals surface area contributed by atoms with Crippen molar-refractivity contribution in [3.8, 4) is 0 Å². The summed E-state index contributed by atoms with van der Waals surface area (Å²) in [5, 5.41) is 2.86. The minimum atomic E-state index is -4.36. The van der Waals surface area contributed by atoms with E-state index in [0.717, 1.165) is 12.1 Å². The third-order valence-electron chi connectivity index (χ3n) is 5.00. The maximum absolute atomic E-state index is 12.6. The van der Waals surface area contributed by atoms with Gasteiger partial charge in [-0.15, -0.1) is 0 Å². The van der Waals surface area contributed by atoms with Crippen molar-refractivity contribution >= 4 is 11.9 Å². The highest BCUT2D eigenvalue weighted by atomic mass is 19.4. The van der Waals surface area contributed by atoms with Crippen LogP contribution in [0.3, 0.4) is 0 Å². The smallest absolute Gasteiger partial charge is 0.416 e. The van der Waals surface area contributed by atoms with Crippen molar-refractivity contribution in [3.05, 3.63) is 59.0 Å². The molecule has 2 aromatic rings. The van der Waals surface area contributed by atoms with Crippen LogP contribution in [0.1, 0.15) is 34.4 Å². The van der Waals surface area contributed by atoms with Crippen molar-refractivity contribution in [2.75, 3.05) is 26.2 Å². The van der Waals surface area contributed by atoms with Crippen LogP contribution in [0.15, 0.2) is 40.8 Å². The molecule has 1 aliphatic heterocycles. The Hall–Kier alpha value is -2.97. The number of hydrogen-bond donors (Lipinski definition) is 1. The number of nitrogens with one attached hydrogen (secondary N) is 1. The minimum absolute atomic E-state index is 0.196. The summed E-state index contributed by atoms with van der Waals surface area (Å²) < 4.78 is 43.3. The molecule has 30 heavy (non-hydrogen) atoms. The summed E-state index contributed by atoms with van der Waals surface area (Å²) in [4.78, 5) is 28.1. The third kappa shape index (κ3) is 5.34. The number of furan rings is 1. The molecule has 0 radical (unpaired) electrons. The molecule has 1 N–H and O–H groups in total. The molecule has 6 nitrogen and oxygen atoms in total. The zero-order chi connectivity index (χ0) is 21.9. The van der Waals surface area contributed by atoms with Crippen molar-refractivity contribution in [3.63, 3.8) is 0 Å². The average Bonchev–Trinajstić information content (AvgIpc) is 3.13. The Morgan fingerprint density at radius 1 is 1.03 bits per heavy atom. The predicted molar refractivity (Wildman–Crippen MR) is 104 cm³/mol. The number of urea groups is 1. The zero-order valence-corrected chi connectivity index (χ0v) is 16.8. The van der Waals surface area contributed by atoms with E-state index in [2.05, 4.69) is 5.32 Å². The molecule has 1 fully saturated rings. The number of nitrogens with zero attached hydrogens (tertiary/aromatic N) is 2. The minimum Gasteiger partial charge on any atom is -0.456 e. The van der Waals surface area contributed by atoms with E-state index < -0.39 is 11.7 Å². The van der Waals surface area contributed by atoms with Crippen molar-refractivity contribution in [2.24, 2.45) is 0 Å². The summed E-state index contributed by atoms with van der Waals surface area (Å²) in [6.07, 6.45) is -3.95. The first-order valence-corrected chi connectivity index (χ1v) is 9.71. The summed E-state index contributed by atoms with van der Waals surface area (Å²) in [5.41, 5.74) is 0.0139. The van der Waals surface area contributed by atoms with Crippen molar-refractivity contribution in [2.45, 2.75) is 32.5 Å². The molecule has 1 atom stereocenters. The van der Waals surface area contributed by atoms with Gasteiger partial charge in [0.25, 0.3) is 5.91 Å². The Kier molecular flexibility index (Phi) is 6.38. The number of carbonyl (C=O) groups excluding carboxylic acids is 2. The second-order valence-corrected chi connectivity index (χ2v) is 7.44. The van der Waals surface area contributed by atoms with Gasteiger partial charge in [-0.3, -0.25) is 4.79 Å². The van der Waals surface area contributed by atoms with Gasteiger partial charge >= 0.3 is 12.2 Å². The molecule has 1 unspecified atom stereocenters.